The lowest BCUT2D eigenvalue weighted by Crippen LogP contribution is -2.23. The van der Waals surface area contributed by atoms with Crippen LogP contribution in [-0.4, -0.2) is 21.7 Å². The number of rotatable bonds is 3. The third-order valence-corrected chi connectivity index (χ3v) is 4.56. The van der Waals surface area contributed by atoms with Gasteiger partial charge in [-0.2, -0.15) is 0 Å². The fraction of sp³-hybridized carbons (Fsp3) is 0.0556. The summed E-state index contributed by atoms with van der Waals surface area (Å²) in [7, 11) is 0. The molecule has 27 heavy (non-hydrogen) atoms. The molecular formula is C18H11Cl2FN4O2. The van der Waals surface area contributed by atoms with Gasteiger partial charge in [-0.25, -0.2) is 4.39 Å². The molecule has 3 aromatic rings. The van der Waals surface area contributed by atoms with Crippen LogP contribution in [0.4, 0.5) is 10.1 Å². The van der Waals surface area contributed by atoms with Crippen LogP contribution in [0.25, 0.3) is 22.4 Å². The Morgan fingerprint density at radius 2 is 2.15 bits per heavy atom. The van der Waals surface area contributed by atoms with Crippen molar-refractivity contribution < 1.29 is 8.91 Å². The van der Waals surface area contributed by atoms with Gasteiger partial charge in [0.1, 0.15) is 17.8 Å². The van der Waals surface area contributed by atoms with Gasteiger partial charge in [0.15, 0.2) is 5.15 Å². The molecule has 1 N–H and O–H groups in total. The smallest absolute Gasteiger partial charge is 0.258 e. The summed E-state index contributed by atoms with van der Waals surface area (Å²) in [5, 5.41) is 4.31. The molecule has 3 aromatic heterocycles. The lowest BCUT2D eigenvalue weighted by molar-refractivity contribution is 0.420. The summed E-state index contributed by atoms with van der Waals surface area (Å²) >= 11 is 12.3. The normalized spacial score (nSPS) is 13.7. The van der Waals surface area contributed by atoms with Crippen molar-refractivity contribution in [2.24, 2.45) is 0 Å². The number of hydrogen-bond donors (Lipinski definition) is 1. The third-order valence-electron chi connectivity index (χ3n) is 4.04. The van der Waals surface area contributed by atoms with Crippen LogP contribution in [0.3, 0.4) is 0 Å². The molecule has 0 fully saturated rings. The first-order valence-corrected chi connectivity index (χ1v) is 8.58. The molecule has 0 aliphatic carbocycles. The highest BCUT2D eigenvalue weighted by Crippen LogP contribution is 2.40. The van der Waals surface area contributed by atoms with Gasteiger partial charge in [0.25, 0.3) is 5.56 Å². The molecule has 0 saturated carbocycles. The van der Waals surface area contributed by atoms with Crippen molar-refractivity contribution in [2.45, 2.75) is 0 Å². The van der Waals surface area contributed by atoms with Gasteiger partial charge < -0.3 is 14.4 Å². The molecule has 0 atom stereocenters. The highest BCUT2D eigenvalue weighted by molar-refractivity contribution is 6.32. The Balaban J connectivity index is 2.05. The standard InChI is InChI=1S/C18H11Cl2FN4O2/c19-10-3-2-6-25(8-10)13-7-23-18(26)15(16-12(21)4-1-5-22-16)14(13)11-9-27-24-17(11)20/h1-7,9H,8H2,(H,23,26). The second kappa shape index (κ2) is 7.02. The number of hydrogen-bond acceptors (Lipinski definition) is 5. The lowest BCUT2D eigenvalue weighted by Gasteiger charge is -2.25. The van der Waals surface area contributed by atoms with Gasteiger partial charge in [-0.3, -0.25) is 9.78 Å². The summed E-state index contributed by atoms with van der Waals surface area (Å²) in [4.78, 5) is 21.1. The number of pyridine rings is 2. The number of allylic oxidation sites excluding steroid dienone is 2. The minimum absolute atomic E-state index is 0.0229. The molecule has 136 valence electrons. The number of nitrogens with zero attached hydrogens (tertiary/aromatic N) is 3. The van der Waals surface area contributed by atoms with E-state index in [1.807, 2.05) is 0 Å². The molecule has 0 aromatic carbocycles. The third kappa shape index (κ3) is 3.15. The molecule has 9 heteroatoms. The first-order valence-electron chi connectivity index (χ1n) is 7.82. The van der Waals surface area contributed by atoms with E-state index in [1.165, 1.54) is 30.8 Å². The maximum atomic E-state index is 14.5. The van der Waals surface area contributed by atoms with E-state index in [9.17, 15) is 9.18 Å². The summed E-state index contributed by atoms with van der Waals surface area (Å²) in [6.45, 7) is 0.365. The van der Waals surface area contributed by atoms with Crippen molar-refractivity contribution in [2.75, 3.05) is 11.4 Å². The monoisotopic (exact) mass is 404 g/mol. The second-order valence-corrected chi connectivity index (χ2v) is 6.53. The molecule has 4 heterocycles. The van der Waals surface area contributed by atoms with Gasteiger partial charge in [-0.1, -0.05) is 28.4 Å². The molecule has 1 aliphatic heterocycles. The van der Waals surface area contributed by atoms with Crippen LogP contribution in [0.5, 0.6) is 0 Å². The number of H-pyrrole nitrogens is 1. The predicted molar refractivity (Wildman–Crippen MR) is 101 cm³/mol. The maximum Gasteiger partial charge on any atom is 0.258 e. The highest BCUT2D eigenvalue weighted by atomic mass is 35.5. The van der Waals surface area contributed by atoms with E-state index in [0.717, 1.165) is 0 Å². The van der Waals surface area contributed by atoms with Crippen LogP contribution in [-0.2, 0) is 0 Å². The number of aromatic amines is 1. The van der Waals surface area contributed by atoms with Crippen molar-refractivity contribution in [1.29, 1.82) is 0 Å². The largest absolute Gasteiger partial charge is 0.363 e. The van der Waals surface area contributed by atoms with Crippen LogP contribution < -0.4 is 10.5 Å². The zero-order chi connectivity index (χ0) is 19.0. The Bertz CT molecular complexity index is 1140. The Labute approximate surface area is 162 Å². The summed E-state index contributed by atoms with van der Waals surface area (Å²) in [5.41, 5.74) is 0.634. The molecule has 0 saturated heterocycles. The van der Waals surface area contributed by atoms with Crippen LogP contribution in [0.15, 0.2) is 63.5 Å². The second-order valence-electron chi connectivity index (χ2n) is 5.69. The molecular weight excluding hydrogens is 394 g/mol. The molecule has 1 aliphatic rings. The highest BCUT2D eigenvalue weighted by Gasteiger charge is 2.26. The van der Waals surface area contributed by atoms with E-state index in [4.69, 9.17) is 27.7 Å². The number of halogens is 3. The van der Waals surface area contributed by atoms with Gasteiger partial charge >= 0.3 is 0 Å². The topological polar surface area (TPSA) is 75.0 Å². The van der Waals surface area contributed by atoms with Crippen molar-refractivity contribution in [1.82, 2.24) is 15.1 Å². The van der Waals surface area contributed by atoms with Gasteiger partial charge in [0.2, 0.25) is 0 Å². The summed E-state index contributed by atoms with van der Waals surface area (Å²) in [6.07, 6.45) is 9.51. The van der Waals surface area contributed by atoms with Gasteiger partial charge in [0.05, 0.1) is 23.4 Å². The van der Waals surface area contributed by atoms with Crippen LogP contribution >= 0.6 is 23.2 Å². The van der Waals surface area contributed by atoms with Crippen molar-refractivity contribution in [3.63, 3.8) is 0 Å². The average molecular weight is 405 g/mol. The van der Waals surface area contributed by atoms with E-state index in [-0.39, 0.29) is 16.4 Å². The fourth-order valence-electron chi connectivity index (χ4n) is 2.88. The van der Waals surface area contributed by atoms with E-state index >= 15 is 0 Å². The lowest BCUT2D eigenvalue weighted by atomic mass is 9.98. The Hall–Kier alpha value is -2.90. The number of aromatic nitrogens is 3. The maximum absolute atomic E-state index is 14.5. The van der Waals surface area contributed by atoms with Crippen molar-refractivity contribution in [3.8, 4) is 22.4 Å². The van der Waals surface area contributed by atoms with E-state index in [0.29, 0.717) is 28.4 Å². The predicted octanol–water partition coefficient (Wildman–Crippen LogP) is 4.34. The summed E-state index contributed by atoms with van der Waals surface area (Å²) in [5.74, 6) is -0.638. The molecule has 0 spiro atoms. The first kappa shape index (κ1) is 17.5. The van der Waals surface area contributed by atoms with Gasteiger partial charge in [-0.15, -0.1) is 0 Å². The van der Waals surface area contributed by atoms with Crippen molar-refractivity contribution in [3.05, 3.63) is 75.5 Å². The number of anilines is 1. The minimum atomic E-state index is -0.638. The van der Waals surface area contributed by atoms with Crippen molar-refractivity contribution >= 4 is 28.9 Å². The van der Waals surface area contributed by atoms with Crippen LogP contribution in [0.1, 0.15) is 0 Å². The Kier molecular flexibility index (Phi) is 4.55. The molecule has 6 nitrogen and oxygen atoms in total. The van der Waals surface area contributed by atoms with E-state index in [1.54, 1.807) is 23.3 Å². The molecule has 0 bridgehead atoms. The Morgan fingerprint density at radius 3 is 2.85 bits per heavy atom. The summed E-state index contributed by atoms with van der Waals surface area (Å²) < 4.78 is 19.4. The molecule has 4 rings (SSSR count). The fourth-order valence-corrected chi connectivity index (χ4v) is 3.27. The zero-order valence-corrected chi connectivity index (χ0v) is 15.1. The summed E-state index contributed by atoms with van der Waals surface area (Å²) in [6, 6.07) is 2.68. The number of nitrogens with one attached hydrogen (secondary N) is 1. The average Bonchev–Trinajstić information content (AvgIpc) is 3.08. The van der Waals surface area contributed by atoms with Gasteiger partial charge in [0, 0.05) is 29.2 Å². The molecule has 0 radical (unpaired) electrons. The Morgan fingerprint density at radius 1 is 1.30 bits per heavy atom. The molecule has 0 amide bonds. The van der Waals surface area contributed by atoms with Crippen LogP contribution in [0.2, 0.25) is 5.15 Å². The quantitative estimate of drug-likeness (QED) is 0.702. The van der Waals surface area contributed by atoms with Gasteiger partial charge in [-0.05, 0) is 24.3 Å². The first-order chi connectivity index (χ1) is 13.1. The SMILES string of the molecule is O=c1[nH]cc(N2C=CC=C(Cl)C2)c(-c2conc2Cl)c1-c1ncccc1F. The minimum Gasteiger partial charge on any atom is -0.363 e. The molecule has 0 unspecified atom stereocenters. The zero-order valence-electron chi connectivity index (χ0n) is 13.6. The van der Waals surface area contributed by atoms with Crippen LogP contribution in [0, 0.1) is 5.82 Å². The van der Waals surface area contributed by atoms with E-state index < -0.39 is 11.4 Å². The van der Waals surface area contributed by atoms with E-state index in [2.05, 4.69) is 15.1 Å².